The number of carbonyl (C=O) groups is 1. The van der Waals surface area contributed by atoms with E-state index in [0.717, 1.165) is 36.5 Å². The molecule has 0 unspecified atom stereocenters. The summed E-state index contributed by atoms with van der Waals surface area (Å²) in [6, 6.07) is 17.2. The number of hydrogen-bond donors (Lipinski definition) is 2. The molecule has 0 bridgehead atoms. The monoisotopic (exact) mass is 377 g/mol. The third kappa shape index (κ3) is 3.69. The summed E-state index contributed by atoms with van der Waals surface area (Å²) in [5, 5.41) is 16.5. The van der Waals surface area contributed by atoms with Crippen LogP contribution in [0.15, 0.2) is 60.8 Å². The van der Waals surface area contributed by atoms with Crippen LogP contribution in [0.2, 0.25) is 0 Å². The fourth-order valence-electron chi connectivity index (χ4n) is 3.77. The molecule has 1 saturated heterocycles. The number of carboxylic acids is 1. The van der Waals surface area contributed by atoms with Crippen LogP contribution in [0.3, 0.4) is 0 Å². The van der Waals surface area contributed by atoms with Gasteiger partial charge in [-0.1, -0.05) is 42.5 Å². The Balaban J connectivity index is 1.49. The molecule has 1 aromatic heterocycles. The Labute approximate surface area is 163 Å². The average molecular weight is 377 g/mol. The first kappa shape index (κ1) is 18.4. The van der Waals surface area contributed by atoms with Crippen LogP contribution < -0.4 is 0 Å². The van der Waals surface area contributed by atoms with E-state index in [2.05, 4.69) is 34.2 Å². The van der Waals surface area contributed by atoms with Gasteiger partial charge < -0.3 is 9.84 Å². The number of nitrogens with zero attached hydrogens (tertiary/aromatic N) is 2. The SMILES string of the molecule is C[C@]1(c2ccn[nH]2)CN(Cc2ccc(-c3ccccc3C(=O)O)cc2)CCO1. The molecular formula is C22H23N3O3. The van der Waals surface area contributed by atoms with Gasteiger partial charge in [0.25, 0.3) is 0 Å². The van der Waals surface area contributed by atoms with Gasteiger partial charge >= 0.3 is 5.97 Å². The summed E-state index contributed by atoms with van der Waals surface area (Å²) >= 11 is 0. The first-order valence-corrected chi connectivity index (χ1v) is 9.33. The Kier molecular flexibility index (Phi) is 4.98. The van der Waals surface area contributed by atoms with Crippen molar-refractivity contribution in [3.05, 3.63) is 77.6 Å². The van der Waals surface area contributed by atoms with Crippen molar-refractivity contribution in [1.29, 1.82) is 0 Å². The predicted octanol–water partition coefficient (Wildman–Crippen LogP) is 3.52. The molecule has 1 atom stereocenters. The van der Waals surface area contributed by atoms with Gasteiger partial charge in [0.1, 0.15) is 5.60 Å². The van der Waals surface area contributed by atoms with Crippen molar-refractivity contribution in [3.8, 4) is 11.1 Å². The second kappa shape index (κ2) is 7.58. The molecule has 0 spiro atoms. The smallest absolute Gasteiger partial charge is 0.336 e. The van der Waals surface area contributed by atoms with Crippen molar-refractivity contribution in [2.75, 3.05) is 19.7 Å². The Morgan fingerprint density at radius 2 is 2.00 bits per heavy atom. The molecule has 2 N–H and O–H groups in total. The van der Waals surface area contributed by atoms with Crippen LogP contribution in [0.4, 0.5) is 0 Å². The summed E-state index contributed by atoms with van der Waals surface area (Å²) in [4.78, 5) is 13.8. The molecule has 2 heterocycles. The number of hydrogen-bond acceptors (Lipinski definition) is 4. The second-order valence-electron chi connectivity index (χ2n) is 7.31. The topological polar surface area (TPSA) is 78.5 Å². The number of rotatable bonds is 5. The summed E-state index contributed by atoms with van der Waals surface area (Å²) in [6.07, 6.45) is 1.75. The fourth-order valence-corrected chi connectivity index (χ4v) is 3.77. The van der Waals surface area contributed by atoms with Crippen molar-refractivity contribution in [1.82, 2.24) is 15.1 Å². The first-order valence-electron chi connectivity index (χ1n) is 9.33. The third-order valence-corrected chi connectivity index (χ3v) is 5.25. The first-order chi connectivity index (χ1) is 13.5. The summed E-state index contributed by atoms with van der Waals surface area (Å²) in [7, 11) is 0. The number of ether oxygens (including phenoxy) is 1. The van der Waals surface area contributed by atoms with Crippen LogP contribution in [0.1, 0.15) is 28.5 Å². The summed E-state index contributed by atoms with van der Waals surface area (Å²) in [5.74, 6) is -0.911. The zero-order chi connectivity index (χ0) is 19.6. The van der Waals surface area contributed by atoms with Gasteiger partial charge in [-0.2, -0.15) is 5.10 Å². The number of nitrogens with one attached hydrogen (secondary N) is 1. The molecule has 6 nitrogen and oxygen atoms in total. The lowest BCUT2D eigenvalue weighted by Crippen LogP contribution is -2.47. The largest absolute Gasteiger partial charge is 0.478 e. The number of benzene rings is 2. The second-order valence-corrected chi connectivity index (χ2v) is 7.31. The molecular weight excluding hydrogens is 354 g/mol. The zero-order valence-electron chi connectivity index (χ0n) is 15.8. The molecule has 6 heteroatoms. The van der Waals surface area contributed by atoms with Gasteiger partial charge in [0.15, 0.2) is 0 Å². The van der Waals surface area contributed by atoms with Gasteiger partial charge in [-0.25, -0.2) is 4.79 Å². The average Bonchev–Trinajstić information content (AvgIpc) is 3.25. The molecule has 144 valence electrons. The van der Waals surface area contributed by atoms with Crippen molar-refractivity contribution >= 4 is 5.97 Å². The van der Waals surface area contributed by atoms with E-state index in [1.807, 2.05) is 30.3 Å². The summed E-state index contributed by atoms with van der Waals surface area (Å²) in [6.45, 7) is 5.21. The Hall–Kier alpha value is -2.96. The molecule has 0 saturated carbocycles. The number of aromatic amines is 1. The number of morpholine rings is 1. The van der Waals surface area contributed by atoms with Gasteiger partial charge in [0.05, 0.1) is 17.9 Å². The van der Waals surface area contributed by atoms with E-state index < -0.39 is 11.6 Å². The van der Waals surface area contributed by atoms with Crippen molar-refractivity contribution < 1.29 is 14.6 Å². The lowest BCUT2D eigenvalue weighted by atomic mass is 9.97. The maximum atomic E-state index is 11.5. The number of carboxylic acid groups (broad SMARTS) is 1. The molecule has 1 fully saturated rings. The Bertz CT molecular complexity index is 953. The van der Waals surface area contributed by atoms with E-state index >= 15 is 0 Å². The molecule has 28 heavy (non-hydrogen) atoms. The highest BCUT2D eigenvalue weighted by Crippen LogP contribution is 2.29. The minimum atomic E-state index is -0.911. The quantitative estimate of drug-likeness (QED) is 0.711. The number of aromatic nitrogens is 2. The number of aromatic carboxylic acids is 1. The third-order valence-electron chi connectivity index (χ3n) is 5.25. The zero-order valence-corrected chi connectivity index (χ0v) is 15.8. The molecule has 0 radical (unpaired) electrons. The Morgan fingerprint density at radius 1 is 1.21 bits per heavy atom. The highest BCUT2D eigenvalue weighted by molar-refractivity contribution is 5.95. The van der Waals surface area contributed by atoms with Gasteiger partial charge in [-0.05, 0) is 35.7 Å². The molecule has 3 aromatic rings. The highest BCUT2D eigenvalue weighted by atomic mass is 16.5. The van der Waals surface area contributed by atoms with Crippen LogP contribution in [0.25, 0.3) is 11.1 Å². The van der Waals surface area contributed by atoms with Gasteiger partial charge in [0.2, 0.25) is 0 Å². The minimum absolute atomic E-state index is 0.318. The van der Waals surface area contributed by atoms with Crippen LogP contribution in [0, 0.1) is 0 Å². The van der Waals surface area contributed by atoms with Crippen LogP contribution in [-0.4, -0.2) is 45.9 Å². The van der Waals surface area contributed by atoms with Crippen LogP contribution in [-0.2, 0) is 16.9 Å². The highest BCUT2D eigenvalue weighted by Gasteiger charge is 2.35. The molecule has 1 aliphatic rings. The maximum absolute atomic E-state index is 11.5. The number of H-pyrrole nitrogens is 1. The lowest BCUT2D eigenvalue weighted by molar-refractivity contribution is -0.107. The molecule has 1 aliphatic heterocycles. The molecule has 4 rings (SSSR count). The van der Waals surface area contributed by atoms with Crippen LogP contribution >= 0.6 is 0 Å². The van der Waals surface area contributed by atoms with Crippen molar-refractivity contribution in [3.63, 3.8) is 0 Å². The van der Waals surface area contributed by atoms with E-state index in [9.17, 15) is 9.90 Å². The van der Waals surface area contributed by atoms with Crippen molar-refractivity contribution in [2.45, 2.75) is 19.1 Å². The molecule has 0 amide bonds. The van der Waals surface area contributed by atoms with E-state index in [1.54, 1.807) is 18.3 Å². The fraction of sp³-hybridized carbons (Fsp3) is 0.273. The summed E-state index contributed by atoms with van der Waals surface area (Å²) in [5.41, 5.74) is 3.74. The molecule has 0 aliphatic carbocycles. The van der Waals surface area contributed by atoms with Crippen LogP contribution in [0.5, 0.6) is 0 Å². The normalized spacial score (nSPS) is 20.2. The van der Waals surface area contributed by atoms with Crippen molar-refractivity contribution in [2.24, 2.45) is 0 Å². The Morgan fingerprint density at radius 3 is 2.71 bits per heavy atom. The lowest BCUT2D eigenvalue weighted by Gasteiger charge is -2.39. The van der Waals surface area contributed by atoms with E-state index in [4.69, 9.17) is 4.74 Å². The van der Waals surface area contributed by atoms with E-state index in [1.165, 1.54) is 5.56 Å². The van der Waals surface area contributed by atoms with Gasteiger partial charge in [0, 0.05) is 25.8 Å². The standard InChI is InChI=1S/C22H23N3O3/c1-22(20-10-11-23-24-20)15-25(12-13-28-22)14-16-6-8-17(9-7-16)18-4-2-3-5-19(18)21(26)27/h2-11H,12-15H2,1H3,(H,23,24)(H,26,27)/t22-/m1/s1. The van der Waals surface area contributed by atoms with Gasteiger partial charge in [-0.3, -0.25) is 10.00 Å². The summed E-state index contributed by atoms with van der Waals surface area (Å²) < 4.78 is 6.02. The minimum Gasteiger partial charge on any atom is -0.478 e. The predicted molar refractivity (Wildman–Crippen MR) is 106 cm³/mol. The maximum Gasteiger partial charge on any atom is 0.336 e. The van der Waals surface area contributed by atoms with E-state index in [-0.39, 0.29) is 0 Å². The molecule has 2 aromatic carbocycles. The van der Waals surface area contributed by atoms with Gasteiger partial charge in [-0.15, -0.1) is 0 Å². The van der Waals surface area contributed by atoms with E-state index in [0.29, 0.717) is 12.2 Å².